The Morgan fingerprint density at radius 3 is 2.58 bits per heavy atom. The number of fused-ring (bicyclic) bond motifs is 1. The Hall–Kier alpha value is -3.39. The topological polar surface area (TPSA) is 99.5 Å². The van der Waals surface area contributed by atoms with Crippen molar-refractivity contribution in [2.24, 2.45) is 0 Å². The lowest BCUT2D eigenvalue weighted by Gasteiger charge is -2.13. The van der Waals surface area contributed by atoms with E-state index >= 15 is 0 Å². The third-order valence-corrected chi connectivity index (χ3v) is 4.99. The summed E-state index contributed by atoms with van der Waals surface area (Å²) in [4.78, 5) is 37.6. The van der Waals surface area contributed by atoms with Crippen molar-refractivity contribution in [1.29, 1.82) is 0 Å². The van der Waals surface area contributed by atoms with Crippen molar-refractivity contribution in [3.8, 4) is 5.75 Å². The average Bonchev–Trinajstić information content (AvgIpc) is 2.76. The zero-order chi connectivity index (χ0) is 22.5. The van der Waals surface area contributed by atoms with Crippen LogP contribution in [0.3, 0.4) is 0 Å². The molecule has 1 N–H and O–H groups in total. The molecule has 1 amide bonds. The number of halogens is 1. The summed E-state index contributed by atoms with van der Waals surface area (Å²) in [7, 11) is 1.46. The summed E-state index contributed by atoms with van der Waals surface area (Å²) in [5.41, 5.74) is 0.863. The van der Waals surface area contributed by atoms with Gasteiger partial charge in [0.1, 0.15) is 5.75 Å². The van der Waals surface area contributed by atoms with E-state index in [1.807, 2.05) is 6.92 Å². The highest BCUT2D eigenvalue weighted by atomic mass is 35.5. The molecule has 1 aromatic heterocycles. The van der Waals surface area contributed by atoms with Crippen molar-refractivity contribution >= 4 is 39.9 Å². The van der Waals surface area contributed by atoms with Crippen molar-refractivity contribution in [2.45, 2.75) is 26.8 Å². The van der Waals surface area contributed by atoms with Gasteiger partial charge in [0.15, 0.2) is 12.3 Å². The fraction of sp³-hybridized carbons (Fsp3) is 0.273. The van der Waals surface area contributed by atoms with Crippen LogP contribution in [0.25, 0.3) is 10.8 Å². The van der Waals surface area contributed by atoms with E-state index in [0.717, 1.165) is 5.56 Å². The van der Waals surface area contributed by atoms with Crippen LogP contribution in [0.4, 0.5) is 5.69 Å². The van der Waals surface area contributed by atoms with Crippen LogP contribution in [0.1, 0.15) is 29.4 Å². The molecule has 0 fully saturated rings. The number of anilines is 1. The van der Waals surface area contributed by atoms with Gasteiger partial charge in [-0.05, 0) is 31.0 Å². The highest BCUT2D eigenvalue weighted by Gasteiger charge is 2.19. The molecule has 0 atom stereocenters. The first-order chi connectivity index (χ1) is 14.8. The largest absolute Gasteiger partial charge is 0.495 e. The number of ether oxygens (including phenoxy) is 2. The van der Waals surface area contributed by atoms with Gasteiger partial charge in [-0.25, -0.2) is 9.48 Å². The highest BCUT2D eigenvalue weighted by Crippen LogP contribution is 2.30. The van der Waals surface area contributed by atoms with Gasteiger partial charge in [0.05, 0.1) is 18.2 Å². The molecule has 0 spiro atoms. The van der Waals surface area contributed by atoms with E-state index in [1.165, 1.54) is 11.8 Å². The van der Waals surface area contributed by atoms with E-state index in [9.17, 15) is 14.4 Å². The van der Waals surface area contributed by atoms with Crippen LogP contribution in [-0.2, 0) is 16.1 Å². The quantitative estimate of drug-likeness (QED) is 0.560. The molecule has 0 aliphatic carbocycles. The molecule has 0 saturated carbocycles. The normalized spacial score (nSPS) is 10.7. The first-order valence-electron chi connectivity index (χ1n) is 9.66. The minimum atomic E-state index is -0.796. The number of methoxy groups -OCH3 is 1. The van der Waals surface area contributed by atoms with Gasteiger partial charge in [0, 0.05) is 23.0 Å². The summed E-state index contributed by atoms with van der Waals surface area (Å²) in [5.74, 6) is -0.968. The van der Waals surface area contributed by atoms with Crippen molar-refractivity contribution in [3.05, 3.63) is 63.0 Å². The van der Waals surface area contributed by atoms with Crippen molar-refractivity contribution in [2.75, 3.05) is 19.0 Å². The van der Waals surface area contributed by atoms with Gasteiger partial charge < -0.3 is 14.8 Å². The van der Waals surface area contributed by atoms with Crippen molar-refractivity contribution in [1.82, 2.24) is 9.78 Å². The van der Waals surface area contributed by atoms with Gasteiger partial charge in [0.2, 0.25) is 0 Å². The molecule has 0 unspecified atom stereocenters. The first-order valence-corrected chi connectivity index (χ1v) is 10.0. The van der Waals surface area contributed by atoms with E-state index in [2.05, 4.69) is 10.4 Å². The second-order valence-electron chi connectivity index (χ2n) is 6.85. The minimum Gasteiger partial charge on any atom is -0.495 e. The lowest BCUT2D eigenvalue weighted by atomic mass is 10.1. The zero-order valence-electron chi connectivity index (χ0n) is 17.4. The Bertz CT molecular complexity index is 1210. The third kappa shape index (κ3) is 4.86. The maximum absolute atomic E-state index is 12.7. The van der Waals surface area contributed by atoms with E-state index in [0.29, 0.717) is 40.2 Å². The van der Waals surface area contributed by atoms with Gasteiger partial charge in [-0.2, -0.15) is 5.10 Å². The molecule has 0 aliphatic heterocycles. The SMILES string of the molecule is CCCn1nc(C(=O)OCC(=O)Nc2cc(C)c(Cl)cc2OC)c2ccccc2c1=O. The summed E-state index contributed by atoms with van der Waals surface area (Å²) in [6, 6.07) is 9.92. The standard InChI is InChI=1S/C22H22ClN3O5/c1-4-9-26-21(28)15-8-6-5-7-14(15)20(25-26)22(29)31-12-19(27)24-17-10-13(2)16(23)11-18(17)30-3/h5-8,10-11H,4,9,12H2,1-3H3,(H,24,27). The number of esters is 1. The number of hydrogen-bond acceptors (Lipinski definition) is 6. The van der Waals surface area contributed by atoms with E-state index in [1.54, 1.807) is 43.3 Å². The van der Waals surface area contributed by atoms with E-state index < -0.39 is 18.5 Å². The molecule has 9 heteroatoms. The van der Waals surface area contributed by atoms with Crippen LogP contribution >= 0.6 is 11.6 Å². The number of nitrogens with one attached hydrogen (secondary N) is 1. The number of aryl methyl sites for hydroxylation is 2. The van der Waals surface area contributed by atoms with Crippen LogP contribution in [0.5, 0.6) is 5.75 Å². The number of amides is 1. The average molecular weight is 444 g/mol. The van der Waals surface area contributed by atoms with Gasteiger partial charge in [-0.3, -0.25) is 9.59 Å². The summed E-state index contributed by atoms with van der Waals surface area (Å²) in [6.07, 6.45) is 0.671. The molecule has 31 heavy (non-hydrogen) atoms. The number of nitrogens with zero attached hydrogens (tertiary/aromatic N) is 2. The fourth-order valence-electron chi connectivity index (χ4n) is 3.06. The van der Waals surface area contributed by atoms with Crippen molar-refractivity contribution in [3.63, 3.8) is 0 Å². The number of rotatable bonds is 7. The van der Waals surface area contributed by atoms with Gasteiger partial charge in [-0.15, -0.1) is 0 Å². The number of hydrogen-bond donors (Lipinski definition) is 1. The Morgan fingerprint density at radius 2 is 1.90 bits per heavy atom. The van der Waals surface area contributed by atoms with Crippen LogP contribution in [0, 0.1) is 6.92 Å². The maximum Gasteiger partial charge on any atom is 0.359 e. The number of carbonyl (C=O) groups is 2. The summed E-state index contributed by atoms with van der Waals surface area (Å²) >= 11 is 6.07. The van der Waals surface area contributed by atoms with E-state index in [-0.39, 0.29) is 11.3 Å². The lowest BCUT2D eigenvalue weighted by Crippen LogP contribution is -2.27. The summed E-state index contributed by atoms with van der Waals surface area (Å²) < 4.78 is 11.6. The van der Waals surface area contributed by atoms with Crippen molar-refractivity contribution < 1.29 is 19.1 Å². The molecule has 3 aromatic rings. The lowest BCUT2D eigenvalue weighted by molar-refractivity contribution is -0.119. The van der Waals surface area contributed by atoms with Gasteiger partial charge in [0.25, 0.3) is 11.5 Å². The Labute approximate surface area is 183 Å². The molecule has 8 nitrogen and oxygen atoms in total. The first kappa shape index (κ1) is 22.3. The Morgan fingerprint density at radius 1 is 1.19 bits per heavy atom. The fourth-order valence-corrected chi connectivity index (χ4v) is 3.22. The van der Waals surface area contributed by atoms with Crippen LogP contribution in [-0.4, -0.2) is 35.4 Å². The van der Waals surface area contributed by atoms with Gasteiger partial charge in [-0.1, -0.05) is 36.7 Å². The highest BCUT2D eigenvalue weighted by molar-refractivity contribution is 6.31. The van der Waals surface area contributed by atoms with E-state index in [4.69, 9.17) is 21.1 Å². The molecule has 0 bridgehead atoms. The minimum absolute atomic E-state index is 0.0173. The second kappa shape index (κ2) is 9.61. The third-order valence-electron chi connectivity index (χ3n) is 4.59. The molecule has 1 heterocycles. The predicted octanol–water partition coefficient (Wildman–Crippen LogP) is 3.57. The maximum atomic E-state index is 12.7. The molecule has 3 rings (SSSR count). The number of aromatic nitrogens is 2. The second-order valence-corrected chi connectivity index (χ2v) is 7.26. The molecule has 2 aromatic carbocycles. The smallest absolute Gasteiger partial charge is 0.359 e. The number of carbonyl (C=O) groups excluding carboxylic acids is 2. The Balaban J connectivity index is 1.79. The molecule has 0 aliphatic rings. The molecule has 0 saturated heterocycles. The Kier molecular flexibility index (Phi) is 6.91. The summed E-state index contributed by atoms with van der Waals surface area (Å²) in [5, 5.41) is 8.04. The molecule has 162 valence electrons. The number of benzene rings is 2. The van der Waals surface area contributed by atoms with Crippen LogP contribution in [0.15, 0.2) is 41.2 Å². The zero-order valence-corrected chi connectivity index (χ0v) is 18.2. The predicted molar refractivity (Wildman–Crippen MR) is 118 cm³/mol. The summed E-state index contributed by atoms with van der Waals surface area (Å²) in [6.45, 7) is 3.52. The van der Waals surface area contributed by atoms with Crippen LogP contribution in [0.2, 0.25) is 5.02 Å². The van der Waals surface area contributed by atoms with Crippen LogP contribution < -0.4 is 15.6 Å². The molecular weight excluding hydrogens is 422 g/mol. The van der Waals surface area contributed by atoms with Gasteiger partial charge >= 0.3 is 5.97 Å². The monoisotopic (exact) mass is 443 g/mol. The molecule has 0 radical (unpaired) electrons. The molecular formula is C22H22ClN3O5.